The molecule has 0 nitrogen and oxygen atoms in total. The molecule has 13 heavy (non-hydrogen) atoms. The lowest BCUT2D eigenvalue weighted by molar-refractivity contribution is 0.946. The quantitative estimate of drug-likeness (QED) is 0.651. The van der Waals surface area contributed by atoms with Crippen molar-refractivity contribution < 1.29 is 0 Å². The van der Waals surface area contributed by atoms with Gasteiger partial charge in [0.1, 0.15) is 0 Å². The van der Waals surface area contributed by atoms with E-state index in [4.69, 9.17) is 23.2 Å². The summed E-state index contributed by atoms with van der Waals surface area (Å²) in [6.45, 7) is 5.86. The first-order valence-electron chi connectivity index (χ1n) is 4.18. The monoisotopic (exact) mass is 214 g/mol. The molecule has 0 N–H and O–H groups in total. The molecule has 2 heteroatoms. The van der Waals surface area contributed by atoms with Crippen molar-refractivity contribution in [2.45, 2.75) is 19.8 Å². The van der Waals surface area contributed by atoms with Crippen LogP contribution in [0.4, 0.5) is 0 Å². The van der Waals surface area contributed by atoms with Crippen molar-refractivity contribution in [2.75, 3.05) is 0 Å². The van der Waals surface area contributed by atoms with Crippen LogP contribution < -0.4 is 0 Å². The van der Waals surface area contributed by atoms with Crippen molar-refractivity contribution in [3.63, 3.8) is 0 Å². The first-order chi connectivity index (χ1) is 6.11. The summed E-state index contributed by atoms with van der Waals surface area (Å²) in [6.07, 6.45) is 1.87. The van der Waals surface area contributed by atoms with E-state index in [1.807, 2.05) is 19.1 Å². The zero-order valence-electron chi connectivity index (χ0n) is 7.61. The van der Waals surface area contributed by atoms with Gasteiger partial charge in [0.2, 0.25) is 0 Å². The van der Waals surface area contributed by atoms with Crippen LogP contribution in [-0.4, -0.2) is 0 Å². The van der Waals surface area contributed by atoms with Gasteiger partial charge in [0.05, 0.1) is 10.0 Å². The summed E-state index contributed by atoms with van der Waals surface area (Å²) in [4.78, 5) is 0. The number of aryl methyl sites for hydroxylation is 1. The fraction of sp³-hybridized carbons (Fsp3) is 0.273. The van der Waals surface area contributed by atoms with Gasteiger partial charge in [0.15, 0.2) is 0 Å². The molecule has 0 saturated carbocycles. The lowest BCUT2D eigenvalue weighted by Crippen LogP contribution is -1.87. The number of benzene rings is 1. The third kappa shape index (κ3) is 3.06. The van der Waals surface area contributed by atoms with Gasteiger partial charge in [-0.2, -0.15) is 0 Å². The van der Waals surface area contributed by atoms with Gasteiger partial charge in [0, 0.05) is 0 Å². The zero-order chi connectivity index (χ0) is 9.84. The largest absolute Gasteiger partial charge is 0.100 e. The van der Waals surface area contributed by atoms with E-state index in [1.165, 1.54) is 0 Å². The van der Waals surface area contributed by atoms with E-state index in [1.54, 1.807) is 6.07 Å². The summed E-state index contributed by atoms with van der Waals surface area (Å²) in [5, 5.41) is 1.30. The van der Waals surface area contributed by atoms with Crippen LogP contribution >= 0.6 is 23.2 Å². The predicted octanol–water partition coefficient (Wildman–Crippen LogP) is 4.50. The molecule has 0 amide bonds. The van der Waals surface area contributed by atoms with E-state index < -0.39 is 0 Å². The van der Waals surface area contributed by atoms with Crippen molar-refractivity contribution in [1.29, 1.82) is 0 Å². The molecule has 1 aromatic carbocycles. The second-order valence-corrected chi connectivity index (χ2v) is 3.96. The Bertz CT molecular complexity index is 316. The molecule has 0 saturated heterocycles. The normalized spacial score (nSPS) is 10.1. The van der Waals surface area contributed by atoms with E-state index in [2.05, 4.69) is 6.58 Å². The number of allylic oxidation sites excluding steroid dienone is 1. The SMILES string of the molecule is C=C(C)CCc1cccc(Cl)c1Cl. The second-order valence-electron chi connectivity index (χ2n) is 3.17. The number of rotatable bonds is 3. The van der Waals surface area contributed by atoms with Gasteiger partial charge in [-0.05, 0) is 31.4 Å². The van der Waals surface area contributed by atoms with Crippen LogP contribution in [0.3, 0.4) is 0 Å². The smallest absolute Gasteiger partial charge is 0.0624 e. The van der Waals surface area contributed by atoms with Crippen LogP contribution in [0.2, 0.25) is 10.0 Å². The van der Waals surface area contributed by atoms with Crippen LogP contribution in [0.25, 0.3) is 0 Å². The number of hydrogen-bond donors (Lipinski definition) is 0. The molecule has 0 fully saturated rings. The highest BCUT2D eigenvalue weighted by Gasteiger charge is 2.03. The summed E-state index contributed by atoms with van der Waals surface area (Å²) in [5.74, 6) is 0. The Morgan fingerprint density at radius 1 is 1.38 bits per heavy atom. The number of halogens is 2. The van der Waals surface area contributed by atoms with E-state index in [0.717, 1.165) is 24.0 Å². The predicted molar refractivity (Wildman–Crippen MR) is 59.6 cm³/mol. The molecule has 0 aromatic heterocycles. The Morgan fingerprint density at radius 3 is 2.69 bits per heavy atom. The maximum atomic E-state index is 6.02. The molecular formula is C11H12Cl2. The third-order valence-corrected chi connectivity index (χ3v) is 2.71. The Kier molecular flexibility index (Phi) is 3.83. The van der Waals surface area contributed by atoms with Crippen molar-refractivity contribution in [2.24, 2.45) is 0 Å². The Hall–Kier alpha value is -0.460. The van der Waals surface area contributed by atoms with Crippen molar-refractivity contribution in [3.05, 3.63) is 46.0 Å². The first kappa shape index (κ1) is 10.6. The van der Waals surface area contributed by atoms with Gasteiger partial charge in [-0.3, -0.25) is 0 Å². The van der Waals surface area contributed by atoms with E-state index in [9.17, 15) is 0 Å². The highest BCUT2D eigenvalue weighted by Crippen LogP contribution is 2.26. The molecule has 0 bridgehead atoms. The summed E-state index contributed by atoms with van der Waals surface area (Å²) < 4.78 is 0. The van der Waals surface area contributed by atoms with Crippen molar-refractivity contribution in [3.8, 4) is 0 Å². The molecule has 0 aliphatic heterocycles. The third-order valence-electron chi connectivity index (χ3n) is 1.85. The molecule has 70 valence electrons. The Morgan fingerprint density at radius 2 is 2.08 bits per heavy atom. The summed E-state index contributed by atoms with van der Waals surface area (Å²) in [7, 11) is 0. The van der Waals surface area contributed by atoms with Gasteiger partial charge in [-0.15, -0.1) is 6.58 Å². The molecule has 0 aliphatic carbocycles. The Balaban J connectivity index is 2.77. The molecule has 0 atom stereocenters. The van der Waals surface area contributed by atoms with Gasteiger partial charge in [-0.25, -0.2) is 0 Å². The minimum absolute atomic E-state index is 0.626. The molecule has 1 rings (SSSR count). The molecule has 0 aliphatic rings. The highest BCUT2D eigenvalue weighted by molar-refractivity contribution is 6.42. The maximum absolute atomic E-state index is 6.02. The van der Waals surface area contributed by atoms with Crippen LogP contribution in [-0.2, 0) is 6.42 Å². The number of hydrogen-bond acceptors (Lipinski definition) is 0. The first-order valence-corrected chi connectivity index (χ1v) is 4.94. The van der Waals surface area contributed by atoms with Gasteiger partial charge < -0.3 is 0 Å². The highest BCUT2D eigenvalue weighted by atomic mass is 35.5. The van der Waals surface area contributed by atoms with E-state index in [0.29, 0.717) is 10.0 Å². The lowest BCUT2D eigenvalue weighted by atomic mass is 10.1. The van der Waals surface area contributed by atoms with Crippen molar-refractivity contribution >= 4 is 23.2 Å². The van der Waals surface area contributed by atoms with Crippen LogP contribution in [0.15, 0.2) is 30.4 Å². The van der Waals surface area contributed by atoms with E-state index in [-0.39, 0.29) is 0 Å². The van der Waals surface area contributed by atoms with Gasteiger partial charge in [-0.1, -0.05) is 40.9 Å². The average molecular weight is 215 g/mol. The fourth-order valence-electron chi connectivity index (χ4n) is 1.09. The summed E-state index contributed by atoms with van der Waals surface area (Å²) in [6, 6.07) is 5.72. The summed E-state index contributed by atoms with van der Waals surface area (Å²) >= 11 is 11.9. The standard InChI is InChI=1S/C11H12Cl2/c1-8(2)6-7-9-4-3-5-10(12)11(9)13/h3-5H,1,6-7H2,2H3. The fourth-order valence-corrected chi connectivity index (χ4v) is 1.50. The molecule has 0 spiro atoms. The minimum Gasteiger partial charge on any atom is -0.100 e. The Labute approximate surface area is 89.2 Å². The minimum atomic E-state index is 0.626. The summed E-state index contributed by atoms with van der Waals surface area (Å²) in [5.41, 5.74) is 2.26. The lowest BCUT2D eigenvalue weighted by Gasteiger charge is -2.04. The van der Waals surface area contributed by atoms with Crippen LogP contribution in [0.5, 0.6) is 0 Å². The molecule has 0 heterocycles. The zero-order valence-corrected chi connectivity index (χ0v) is 9.12. The second kappa shape index (κ2) is 4.69. The van der Waals surface area contributed by atoms with Crippen molar-refractivity contribution in [1.82, 2.24) is 0 Å². The maximum Gasteiger partial charge on any atom is 0.0624 e. The van der Waals surface area contributed by atoms with Crippen LogP contribution in [0, 0.1) is 0 Å². The van der Waals surface area contributed by atoms with Gasteiger partial charge in [0.25, 0.3) is 0 Å². The molecular weight excluding hydrogens is 203 g/mol. The van der Waals surface area contributed by atoms with Gasteiger partial charge >= 0.3 is 0 Å². The van der Waals surface area contributed by atoms with E-state index >= 15 is 0 Å². The average Bonchev–Trinajstić information content (AvgIpc) is 2.07. The molecule has 0 unspecified atom stereocenters. The molecule has 0 radical (unpaired) electrons. The van der Waals surface area contributed by atoms with Crippen LogP contribution in [0.1, 0.15) is 18.9 Å². The topological polar surface area (TPSA) is 0 Å². The molecule has 1 aromatic rings.